The van der Waals surface area contributed by atoms with E-state index < -0.39 is 4.92 Å². The van der Waals surface area contributed by atoms with Gasteiger partial charge in [0.15, 0.2) is 0 Å². The number of rotatable bonds is 6. The fourth-order valence-corrected chi connectivity index (χ4v) is 1.34. The molecular formula is C10H15N3O3. The van der Waals surface area contributed by atoms with Gasteiger partial charge in [0, 0.05) is 19.3 Å². The van der Waals surface area contributed by atoms with E-state index in [4.69, 9.17) is 4.74 Å². The summed E-state index contributed by atoms with van der Waals surface area (Å²) in [5.74, 6) is 0. The Balaban J connectivity index is 2.82. The van der Waals surface area contributed by atoms with Crippen LogP contribution in [0.4, 0.5) is 11.4 Å². The van der Waals surface area contributed by atoms with E-state index in [0.29, 0.717) is 12.3 Å². The molecule has 0 amide bonds. The lowest BCUT2D eigenvalue weighted by Crippen LogP contribution is -2.24. The van der Waals surface area contributed by atoms with Crippen molar-refractivity contribution in [1.82, 2.24) is 4.98 Å². The van der Waals surface area contributed by atoms with Crippen molar-refractivity contribution in [2.24, 2.45) is 0 Å². The molecule has 6 nitrogen and oxygen atoms in total. The van der Waals surface area contributed by atoms with Crippen LogP contribution < -0.4 is 5.32 Å². The van der Waals surface area contributed by atoms with Crippen molar-refractivity contribution in [2.45, 2.75) is 19.4 Å². The molecule has 1 aromatic rings. The number of nitrogens with zero attached hydrogens (tertiary/aromatic N) is 2. The third-order valence-corrected chi connectivity index (χ3v) is 2.22. The number of nitro groups is 1. The molecule has 1 aromatic heterocycles. The third-order valence-electron chi connectivity index (χ3n) is 2.22. The number of methoxy groups -OCH3 is 1. The second-order valence-electron chi connectivity index (χ2n) is 3.35. The summed E-state index contributed by atoms with van der Waals surface area (Å²) < 4.78 is 5.02. The predicted octanol–water partition coefficient (Wildman–Crippen LogP) is 1.83. The Kier molecular flexibility index (Phi) is 4.65. The van der Waals surface area contributed by atoms with Crippen LogP contribution in [0.3, 0.4) is 0 Å². The van der Waals surface area contributed by atoms with E-state index in [0.717, 1.165) is 6.42 Å². The summed E-state index contributed by atoms with van der Waals surface area (Å²) in [6.07, 6.45) is 3.59. The molecule has 0 saturated heterocycles. The van der Waals surface area contributed by atoms with Gasteiger partial charge in [-0.2, -0.15) is 0 Å². The highest BCUT2D eigenvalue weighted by Gasteiger charge is 2.15. The van der Waals surface area contributed by atoms with E-state index in [9.17, 15) is 10.1 Å². The smallest absolute Gasteiger partial charge is 0.310 e. The maximum Gasteiger partial charge on any atom is 0.310 e. The highest BCUT2D eigenvalue weighted by molar-refractivity contribution is 5.60. The lowest BCUT2D eigenvalue weighted by atomic mass is 10.2. The summed E-state index contributed by atoms with van der Waals surface area (Å²) in [7, 11) is 1.60. The topological polar surface area (TPSA) is 77.3 Å². The van der Waals surface area contributed by atoms with Crippen LogP contribution in [0.15, 0.2) is 18.5 Å². The Hall–Kier alpha value is -1.69. The van der Waals surface area contributed by atoms with Crippen molar-refractivity contribution in [3.05, 3.63) is 28.6 Å². The minimum Gasteiger partial charge on any atom is -0.383 e. The van der Waals surface area contributed by atoms with Gasteiger partial charge in [0.05, 0.1) is 11.5 Å². The number of hydrogen-bond acceptors (Lipinski definition) is 5. The molecular weight excluding hydrogens is 210 g/mol. The molecule has 0 aliphatic heterocycles. The van der Waals surface area contributed by atoms with Crippen LogP contribution in [0.1, 0.15) is 13.3 Å². The van der Waals surface area contributed by atoms with Crippen LogP contribution in [-0.2, 0) is 4.74 Å². The van der Waals surface area contributed by atoms with E-state index in [2.05, 4.69) is 10.3 Å². The van der Waals surface area contributed by atoms with Gasteiger partial charge in [0.1, 0.15) is 11.9 Å². The number of ether oxygens (including phenoxy) is 1. The van der Waals surface area contributed by atoms with Gasteiger partial charge in [-0.3, -0.25) is 15.1 Å². The predicted molar refractivity (Wildman–Crippen MR) is 60.5 cm³/mol. The molecule has 0 radical (unpaired) electrons. The summed E-state index contributed by atoms with van der Waals surface area (Å²) in [6.45, 7) is 2.50. The van der Waals surface area contributed by atoms with Crippen LogP contribution in [0.2, 0.25) is 0 Å². The molecule has 1 atom stereocenters. The van der Waals surface area contributed by atoms with Gasteiger partial charge in [-0.15, -0.1) is 0 Å². The summed E-state index contributed by atoms with van der Waals surface area (Å²) >= 11 is 0. The van der Waals surface area contributed by atoms with Crippen molar-refractivity contribution in [2.75, 3.05) is 19.0 Å². The third kappa shape index (κ3) is 3.16. The number of anilines is 1. The molecule has 0 saturated carbocycles. The first-order valence-electron chi connectivity index (χ1n) is 5.03. The summed E-state index contributed by atoms with van der Waals surface area (Å²) in [4.78, 5) is 14.0. The van der Waals surface area contributed by atoms with Gasteiger partial charge in [0.25, 0.3) is 0 Å². The van der Waals surface area contributed by atoms with Gasteiger partial charge < -0.3 is 10.1 Å². The van der Waals surface area contributed by atoms with Gasteiger partial charge in [0.2, 0.25) is 0 Å². The quantitative estimate of drug-likeness (QED) is 0.590. The normalized spacial score (nSPS) is 12.1. The average molecular weight is 225 g/mol. The first-order chi connectivity index (χ1) is 7.69. The van der Waals surface area contributed by atoms with Crippen LogP contribution in [0.25, 0.3) is 0 Å². The van der Waals surface area contributed by atoms with E-state index in [1.54, 1.807) is 13.2 Å². The fraction of sp³-hybridized carbons (Fsp3) is 0.500. The zero-order valence-corrected chi connectivity index (χ0v) is 9.34. The number of pyridine rings is 1. The molecule has 6 heteroatoms. The Morgan fingerprint density at radius 1 is 1.69 bits per heavy atom. The van der Waals surface area contributed by atoms with E-state index in [1.165, 1.54) is 12.4 Å². The fourth-order valence-electron chi connectivity index (χ4n) is 1.34. The molecule has 88 valence electrons. The first-order valence-corrected chi connectivity index (χ1v) is 5.03. The van der Waals surface area contributed by atoms with Crippen molar-refractivity contribution < 1.29 is 9.66 Å². The van der Waals surface area contributed by atoms with Crippen molar-refractivity contribution >= 4 is 11.4 Å². The Labute approximate surface area is 93.8 Å². The Morgan fingerprint density at radius 2 is 2.44 bits per heavy atom. The standard InChI is InChI=1S/C10H15N3O3/c1-3-8(7-16-2)12-9-4-5-11-6-10(9)13(14)15/h4-6,8H,3,7H2,1-2H3,(H,11,12). The molecule has 1 N–H and O–H groups in total. The van der Waals surface area contributed by atoms with Crippen LogP contribution in [-0.4, -0.2) is 29.7 Å². The van der Waals surface area contributed by atoms with E-state index in [1.807, 2.05) is 6.92 Å². The SMILES string of the molecule is CCC(COC)Nc1ccncc1[N+](=O)[O-]. The maximum atomic E-state index is 10.7. The second-order valence-corrected chi connectivity index (χ2v) is 3.35. The molecule has 0 spiro atoms. The van der Waals surface area contributed by atoms with Gasteiger partial charge >= 0.3 is 5.69 Å². The van der Waals surface area contributed by atoms with Gasteiger partial charge in [-0.25, -0.2) is 0 Å². The second kappa shape index (κ2) is 6.02. The van der Waals surface area contributed by atoms with Crippen LogP contribution in [0, 0.1) is 10.1 Å². The minimum absolute atomic E-state index is 0.0166. The summed E-state index contributed by atoms with van der Waals surface area (Å²) in [5, 5.41) is 13.8. The van der Waals surface area contributed by atoms with Gasteiger partial charge in [-0.05, 0) is 12.5 Å². The molecule has 0 bridgehead atoms. The Bertz CT molecular complexity index is 357. The summed E-state index contributed by atoms with van der Waals surface area (Å²) in [6, 6.07) is 1.65. The molecule has 0 aromatic carbocycles. The lowest BCUT2D eigenvalue weighted by Gasteiger charge is -2.16. The average Bonchev–Trinajstić information content (AvgIpc) is 2.29. The molecule has 16 heavy (non-hydrogen) atoms. The molecule has 0 aliphatic carbocycles. The lowest BCUT2D eigenvalue weighted by molar-refractivity contribution is -0.384. The van der Waals surface area contributed by atoms with Crippen molar-refractivity contribution in [3.63, 3.8) is 0 Å². The molecule has 0 fully saturated rings. The molecule has 0 aliphatic rings. The number of aromatic nitrogens is 1. The largest absolute Gasteiger partial charge is 0.383 e. The molecule has 1 unspecified atom stereocenters. The van der Waals surface area contributed by atoms with E-state index >= 15 is 0 Å². The zero-order valence-electron chi connectivity index (χ0n) is 9.34. The monoisotopic (exact) mass is 225 g/mol. The summed E-state index contributed by atoms with van der Waals surface area (Å²) in [5.41, 5.74) is 0.459. The number of hydrogen-bond donors (Lipinski definition) is 1. The van der Waals surface area contributed by atoms with Crippen LogP contribution >= 0.6 is 0 Å². The highest BCUT2D eigenvalue weighted by Crippen LogP contribution is 2.23. The first kappa shape index (κ1) is 12.4. The minimum atomic E-state index is -0.450. The molecule has 1 heterocycles. The zero-order chi connectivity index (χ0) is 12.0. The van der Waals surface area contributed by atoms with Crippen molar-refractivity contribution in [1.29, 1.82) is 0 Å². The molecule has 1 rings (SSSR count). The van der Waals surface area contributed by atoms with E-state index in [-0.39, 0.29) is 11.7 Å². The Morgan fingerprint density at radius 3 is 3.00 bits per heavy atom. The highest BCUT2D eigenvalue weighted by atomic mass is 16.6. The van der Waals surface area contributed by atoms with Crippen LogP contribution in [0.5, 0.6) is 0 Å². The number of nitrogens with one attached hydrogen (secondary N) is 1. The van der Waals surface area contributed by atoms with Gasteiger partial charge in [-0.1, -0.05) is 6.92 Å². The van der Waals surface area contributed by atoms with Crippen molar-refractivity contribution in [3.8, 4) is 0 Å². The maximum absolute atomic E-state index is 10.7.